The van der Waals surface area contributed by atoms with Gasteiger partial charge >= 0.3 is 6.09 Å². The van der Waals surface area contributed by atoms with Gasteiger partial charge in [0, 0.05) is 30.9 Å². The maximum atomic E-state index is 12.6. The summed E-state index contributed by atoms with van der Waals surface area (Å²) in [7, 11) is 0. The number of aromatic nitrogens is 1. The van der Waals surface area contributed by atoms with Gasteiger partial charge in [-0.3, -0.25) is 10.1 Å². The molecule has 6 nitrogen and oxygen atoms in total. The van der Waals surface area contributed by atoms with Crippen molar-refractivity contribution in [3.8, 4) is 0 Å². The Kier molecular flexibility index (Phi) is 5.19. The van der Waals surface area contributed by atoms with Crippen molar-refractivity contribution in [2.45, 2.75) is 19.4 Å². The highest BCUT2D eigenvalue weighted by atomic mass is 16.5. The first-order chi connectivity index (χ1) is 13.7. The zero-order valence-electron chi connectivity index (χ0n) is 15.4. The Morgan fingerprint density at radius 3 is 2.93 bits per heavy atom. The number of hydrogen-bond acceptors (Lipinski definition) is 4. The average Bonchev–Trinajstić information content (AvgIpc) is 2.99. The first-order valence-electron chi connectivity index (χ1n) is 9.33. The zero-order chi connectivity index (χ0) is 19.3. The van der Waals surface area contributed by atoms with Crippen molar-refractivity contribution >= 4 is 29.5 Å². The number of anilines is 1. The summed E-state index contributed by atoms with van der Waals surface area (Å²) in [5, 5.41) is 2.55. The molecule has 1 aromatic carbocycles. The number of carbonyl (C=O) groups is 2. The number of pyridine rings is 1. The van der Waals surface area contributed by atoms with Crippen molar-refractivity contribution < 1.29 is 14.3 Å². The number of nitrogens with zero attached hydrogens (tertiary/aromatic N) is 2. The van der Waals surface area contributed by atoms with E-state index in [0.717, 1.165) is 24.0 Å². The van der Waals surface area contributed by atoms with Crippen LogP contribution in [0.25, 0.3) is 11.6 Å². The molecule has 0 bridgehead atoms. The summed E-state index contributed by atoms with van der Waals surface area (Å²) >= 11 is 0. The first kappa shape index (κ1) is 18.0. The molecule has 0 fully saturated rings. The molecular weight excluding hydrogens is 354 g/mol. The Bertz CT molecular complexity index is 951. The van der Waals surface area contributed by atoms with Gasteiger partial charge in [0.2, 0.25) is 5.91 Å². The molecule has 0 atom stereocenters. The van der Waals surface area contributed by atoms with Gasteiger partial charge in [0.25, 0.3) is 0 Å². The molecule has 0 saturated carbocycles. The minimum absolute atomic E-state index is 0.00927. The number of rotatable bonds is 3. The summed E-state index contributed by atoms with van der Waals surface area (Å²) in [4.78, 5) is 29.9. The smallest absolute Gasteiger partial charge is 0.413 e. The summed E-state index contributed by atoms with van der Waals surface area (Å²) in [5.41, 5.74) is 4.10. The van der Waals surface area contributed by atoms with E-state index >= 15 is 0 Å². The van der Waals surface area contributed by atoms with E-state index in [1.54, 1.807) is 18.3 Å². The molecule has 142 valence electrons. The normalized spacial score (nSPS) is 16.6. The molecule has 4 rings (SSSR count). The van der Waals surface area contributed by atoms with Crippen molar-refractivity contribution in [2.24, 2.45) is 0 Å². The summed E-state index contributed by atoms with van der Waals surface area (Å²) in [6.45, 7) is 1.60. The first-order valence-corrected chi connectivity index (χ1v) is 9.33. The highest BCUT2D eigenvalue weighted by Crippen LogP contribution is 2.23. The van der Waals surface area contributed by atoms with E-state index < -0.39 is 6.09 Å². The van der Waals surface area contributed by atoms with E-state index in [4.69, 9.17) is 4.74 Å². The third-order valence-corrected chi connectivity index (χ3v) is 4.88. The van der Waals surface area contributed by atoms with Gasteiger partial charge in [-0.15, -0.1) is 0 Å². The summed E-state index contributed by atoms with van der Waals surface area (Å²) < 4.78 is 4.95. The molecule has 0 spiro atoms. The van der Waals surface area contributed by atoms with E-state index in [9.17, 15) is 9.59 Å². The second-order valence-corrected chi connectivity index (χ2v) is 6.77. The second-order valence-electron chi connectivity index (χ2n) is 6.77. The number of hydrogen-bond donors (Lipinski definition) is 1. The molecule has 2 aromatic rings. The molecule has 1 aromatic heterocycles. The Hall–Kier alpha value is -3.41. The van der Waals surface area contributed by atoms with Crippen LogP contribution >= 0.6 is 0 Å². The Balaban J connectivity index is 1.38. The molecule has 1 N–H and O–H groups in total. The zero-order valence-corrected chi connectivity index (χ0v) is 15.4. The minimum atomic E-state index is -0.497. The number of amides is 2. The van der Waals surface area contributed by atoms with Gasteiger partial charge in [-0.25, -0.2) is 9.78 Å². The van der Waals surface area contributed by atoms with Crippen LogP contribution < -0.4 is 5.32 Å². The molecule has 0 radical (unpaired) electrons. The molecule has 0 aliphatic carbocycles. The molecule has 2 aliphatic rings. The number of cyclic esters (lactones) is 1. The monoisotopic (exact) mass is 375 g/mol. The van der Waals surface area contributed by atoms with Gasteiger partial charge in [0.15, 0.2) is 0 Å². The highest BCUT2D eigenvalue weighted by Gasteiger charge is 2.17. The van der Waals surface area contributed by atoms with Gasteiger partial charge in [-0.2, -0.15) is 0 Å². The van der Waals surface area contributed by atoms with Crippen LogP contribution in [0, 0.1) is 0 Å². The Morgan fingerprint density at radius 1 is 1.21 bits per heavy atom. The number of benzene rings is 1. The fourth-order valence-corrected chi connectivity index (χ4v) is 3.39. The quantitative estimate of drug-likeness (QED) is 0.827. The predicted molar refractivity (Wildman–Crippen MR) is 107 cm³/mol. The second kappa shape index (κ2) is 8.08. The topological polar surface area (TPSA) is 71.5 Å². The lowest BCUT2D eigenvalue weighted by molar-refractivity contribution is -0.125. The number of ether oxygens (including phenoxy) is 1. The van der Waals surface area contributed by atoms with Gasteiger partial charge < -0.3 is 9.64 Å². The number of nitrogens with one attached hydrogen (secondary N) is 1. The van der Waals surface area contributed by atoms with Crippen LogP contribution in [-0.4, -0.2) is 35.0 Å². The Labute approximate surface area is 163 Å². The SMILES string of the molecule is O=C1Nc2ncc(/C=C/C(=O)N3CCC=C(c4ccccc4)CC3)cc2CO1. The van der Waals surface area contributed by atoms with E-state index in [1.807, 2.05) is 29.2 Å². The van der Waals surface area contributed by atoms with Crippen LogP contribution in [0.3, 0.4) is 0 Å². The van der Waals surface area contributed by atoms with Crippen molar-refractivity contribution in [2.75, 3.05) is 18.4 Å². The van der Waals surface area contributed by atoms with Crippen LogP contribution in [0.2, 0.25) is 0 Å². The standard InChI is InChI=1S/C22H21N3O3/c26-20(9-8-16-13-19-15-28-22(27)24-21(19)23-14-16)25-11-4-7-18(10-12-25)17-5-2-1-3-6-17/h1-3,5-9,13-14H,4,10-12,15H2,(H,23,24,27)/b9-8+. The van der Waals surface area contributed by atoms with Crippen LogP contribution in [-0.2, 0) is 16.1 Å². The van der Waals surface area contributed by atoms with Gasteiger partial charge in [-0.1, -0.05) is 36.4 Å². The van der Waals surface area contributed by atoms with Crippen molar-refractivity contribution in [1.29, 1.82) is 0 Å². The van der Waals surface area contributed by atoms with E-state index in [-0.39, 0.29) is 12.5 Å². The minimum Gasteiger partial charge on any atom is -0.444 e. The largest absolute Gasteiger partial charge is 0.444 e. The molecule has 2 amide bonds. The lowest BCUT2D eigenvalue weighted by Gasteiger charge is -2.19. The lowest BCUT2D eigenvalue weighted by atomic mass is 10.0. The fourth-order valence-electron chi connectivity index (χ4n) is 3.39. The lowest BCUT2D eigenvalue weighted by Crippen LogP contribution is -2.30. The van der Waals surface area contributed by atoms with Crippen LogP contribution in [0.4, 0.5) is 10.6 Å². The maximum Gasteiger partial charge on any atom is 0.413 e. The number of fused-ring (bicyclic) bond motifs is 1. The van der Waals surface area contributed by atoms with E-state index in [2.05, 4.69) is 28.5 Å². The van der Waals surface area contributed by atoms with Crippen LogP contribution in [0.5, 0.6) is 0 Å². The molecule has 28 heavy (non-hydrogen) atoms. The van der Waals surface area contributed by atoms with Gasteiger partial charge in [-0.05, 0) is 41.7 Å². The van der Waals surface area contributed by atoms with Gasteiger partial charge in [0.05, 0.1) is 0 Å². The van der Waals surface area contributed by atoms with E-state index in [0.29, 0.717) is 18.9 Å². The summed E-state index contributed by atoms with van der Waals surface area (Å²) in [5.74, 6) is 0.497. The molecule has 0 saturated heterocycles. The maximum absolute atomic E-state index is 12.6. The third-order valence-electron chi connectivity index (χ3n) is 4.88. The Morgan fingerprint density at radius 2 is 2.07 bits per heavy atom. The summed E-state index contributed by atoms with van der Waals surface area (Å²) in [6.07, 6.45) is 8.40. The van der Waals surface area contributed by atoms with Crippen LogP contribution in [0.1, 0.15) is 29.5 Å². The molecular formula is C22H21N3O3. The molecule has 2 aliphatic heterocycles. The fraction of sp³-hybridized carbons (Fsp3) is 0.227. The molecule has 3 heterocycles. The van der Waals surface area contributed by atoms with Crippen molar-refractivity contribution in [3.05, 3.63) is 71.4 Å². The predicted octanol–water partition coefficient (Wildman–Crippen LogP) is 3.86. The van der Waals surface area contributed by atoms with Crippen LogP contribution in [0.15, 0.2) is 54.7 Å². The average molecular weight is 375 g/mol. The number of carbonyl (C=O) groups excluding carboxylic acids is 2. The highest BCUT2D eigenvalue weighted by molar-refractivity contribution is 5.92. The van der Waals surface area contributed by atoms with Gasteiger partial charge in [0.1, 0.15) is 12.4 Å². The van der Waals surface area contributed by atoms with E-state index in [1.165, 1.54) is 11.1 Å². The molecule has 0 unspecified atom stereocenters. The third kappa shape index (κ3) is 4.11. The molecule has 6 heteroatoms. The van der Waals surface area contributed by atoms with Crippen molar-refractivity contribution in [3.63, 3.8) is 0 Å². The van der Waals surface area contributed by atoms with Crippen molar-refractivity contribution in [1.82, 2.24) is 9.88 Å². The summed E-state index contributed by atoms with van der Waals surface area (Å²) in [6, 6.07) is 12.2.